The van der Waals surface area contributed by atoms with Crippen LogP contribution in [0.1, 0.15) is 21.8 Å². The van der Waals surface area contributed by atoms with Crippen LogP contribution in [0, 0.1) is 0 Å². The first-order valence-corrected chi connectivity index (χ1v) is 9.72. The maximum Gasteiger partial charge on any atom is 0.261 e. The maximum atomic E-state index is 11.8. The third-order valence-corrected chi connectivity index (χ3v) is 5.02. The molecule has 0 bridgehead atoms. The van der Waals surface area contributed by atoms with Gasteiger partial charge in [0.15, 0.2) is 5.96 Å². The van der Waals surface area contributed by atoms with Gasteiger partial charge in [0.25, 0.3) is 5.91 Å². The fourth-order valence-electron chi connectivity index (χ4n) is 2.41. The molecular formula is C17H25BrIN5OS. The van der Waals surface area contributed by atoms with Crippen LogP contribution in [0.25, 0.3) is 0 Å². The zero-order valence-electron chi connectivity index (χ0n) is 15.2. The molecule has 0 spiro atoms. The molecule has 0 aliphatic heterocycles. The highest BCUT2D eigenvalue weighted by Crippen LogP contribution is 2.14. The van der Waals surface area contributed by atoms with Gasteiger partial charge in [0.1, 0.15) is 0 Å². The highest BCUT2D eigenvalue weighted by atomic mass is 127. The summed E-state index contributed by atoms with van der Waals surface area (Å²) in [6, 6.07) is 5.81. The van der Waals surface area contributed by atoms with Gasteiger partial charge in [-0.3, -0.25) is 9.79 Å². The second-order valence-electron chi connectivity index (χ2n) is 5.68. The van der Waals surface area contributed by atoms with Gasteiger partial charge in [-0.25, -0.2) is 0 Å². The van der Waals surface area contributed by atoms with Crippen molar-refractivity contribution < 1.29 is 4.79 Å². The van der Waals surface area contributed by atoms with Gasteiger partial charge < -0.3 is 20.1 Å². The van der Waals surface area contributed by atoms with E-state index in [1.54, 1.807) is 7.05 Å². The van der Waals surface area contributed by atoms with Crippen LogP contribution in [-0.2, 0) is 13.6 Å². The first-order chi connectivity index (χ1) is 12.0. The summed E-state index contributed by atoms with van der Waals surface area (Å²) in [6.07, 6.45) is 2.87. The molecule has 2 rings (SSSR count). The Hall–Kier alpha value is -1.07. The number of aromatic nitrogens is 1. The Kier molecular flexibility index (Phi) is 10.3. The summed E-state index contributed by atoms with van der Waals surface area (Å²) in [4.78, 5) is 19.0. The number of nitrogens with zero attached hydrogens (tertiary/aromatic N) is 3. The Morgan fingerprint density at radius 3 is 2.69 bits per heavy atom. The zero-order valence-corrected chi connectivity index (χ0v) is 19.9. The largest absolute Gasteiger partial charge is 0.356 e. The Balaban J connectivity index is 0.00000338. The normalized spacial score (nSPS) is 11.0. The monoisotopic (exact) mass is 553 g/mol. The molecule has 2 N–H and O–H groups in total. The van der Waals surface area contributed by atoms with Crippen molar-refractivity contribution in [2.45, 2.75) is 13.0 Å². The number of hydrogen-bond donors (Lipinski definition) is 2. The average molecular weight is 554 g/mol. The van der Waals surface area contributed by atoms with Gasteiger partial charge in [-0.05, 0) is 39.9 Å². The van der Waals surface area contributed by atoms with Crippen molar-refractivity contribution >= 4 is 63.1 Å². The van der Waals surface area contributed by atoms with E-state index in [0.29, 0.717) is 6.54 Å². The Morgan fingerprint density at radius 2 is 2.12 bits per heavy atom. The summed E-state index contributed by atoms with van der Waals surface area (Å²) < 4.78 is 3.16. The molecule has 1 amide bonds. The van der Waals surface area contributed by atoms with E-state index >= 15 is 0 Å². The van der Waals surface area contributed by atoms with Crippen molar-refractivity contribution in [3.05, 3.63) is 44.8 Å². The third-order valence-electron chi connectivity index (χ3n) is 3.71. The Morgan fingerprint density at radius 1 is 1.38 bits per heavy atom. The Bertz CT molecular complexity index is 717. The number of rotatable bonds is 7. The van der Waals surface area contributed by atoms with Crippen LogP contribution < -0.4 is 10.6 Å². The number of halogens is 2. The number of nitrogens with one attached hydrogen (secondary N) is 2. The summed E-state index contributed by atoms with van der Waals surface area (Å²) in [7, 11) is 5.81. The van der Waals surface area contributed by atoms with Gasteiger partial charge >= 0.3 is 0 Å². The van der Waals surface area contributed by atoms with Crippen LogP contribution in [0.5, 0.6) is 0 Å². The van der Waals surface area contributed by atoms with Crippen LogP contribution in [-0.4, -0.2) is 48.5 Å². The summed E-state index contributed by atoms with van der Waals surface area (Å²) in [5, 5.41) is 8.16. The topological polar surface area (TPSA) is 61.7 Å². The van der Waals surface area contributed by atoms with Gasteiger partial charge in [0.05, 0.1) is 11.4 Å². The minimum absolute atomic E-state index is 0. The summed E-state index contributed by atoms with van der Waals surface area (Å²) in [5.74, 6) is 0.827. The van der Waals surface area contributed by atoms with Gasteiger partial charge in [-0.15, -0.1) is 35.3 Å². The quantitative estimate of drug-likeness (QED) is 0.239. The highest BCUT2D eigenvalue weighted by molar-refractivity contribution is 14.0. The molecule has 144 valence electrons. The standard InChI is InChI=1S/C17H24BrN5OS.HI/c1-19-17(23(3)12-14-10-13(18)11-22(14)2)21-8-5-7-20-16(24)15-6-4-9-25-15;/h4,6,9-11H,5,7-8,12H2,1-3H3,(H,19,21)(H,20,24);1H. The lowest BCUT2D eigenvalue weighted by Crippen LogP contribution is -2.40. The van der Waals surface area contributed by atoms with Gasteiger partial charge in [-0.2, -0.15) is 0 Å². The van der Waals surface area contributed by atoms with E-state index in [1.165, 1.54) is 17.0 Å². The molecule has 6 nitrogen and oxygen atoms in total. The molecular weight excluding hydrogens is 529 g/mol. The minimum Gasteiger partial charge on any atom is -0.356 e. The van der Waals surface area contributed by atoms with E-state index in [-0.39, 0.29) is 29.9 Å². The number of hydrogen-bond acceptors (Lipinski definition) is 3. The van der Waals surface area contributed by atoms with Crippen molar-refractivity contribution in [3.8, 4) is 0 Å². The number of aliphatic imine (C=N–C) groups is 1. The van der Waals surface area contributed by atoms with E-state index in [9.17, 15) is 4.79 Å². The molecule has 9 heteroatoms. The van der Waals surface area contributed by atoms with E-state index in [1.807, 2.05) is 37.8 Å². The minimum atomic E-state index is -0.00853. The Labute approximate surface area is 184 Å². The average Bonchev–Trinajstić information content (AvgIpc) is 3.21. The predicted molar refractivity (Wildman–Crippen MR) is 123 cm³/mol. The van der Waals surface area contributed by atoms with E-state index in [0.717, 1.165) is 34.8 Å². The summed E-state index contributed by atoms with van der Waals surface area (Å²) >= 11 is 4.95. The molecule has 0 radical (unpaired) electrons. The lowest BCUT2D eigenvalue weighted by atomic mass is 10.3. The molecule has 0 saturated carbocycles. The number of thiophene rings is 1. The SMILES string of the molecule is CN=C(NCCCNC(=O)c1cccs1)N(C)Cc1cc(Br)cn1C.I. The number of amides is 1. The number of carbonyl (C=O) groups excluding carboxylic acids is 1. The first-order valence-electron chi connectivity index (χ1n) is 8.05. The van der Waals surface area contributed by atoms with Crippen LogP contribution in [0.2, 0.25) is 0 Å². The van der Waals surface area contributed by atoms with Crippen molar-refractivity contribution in [1.82, 2.24) is 20.1 Å². The van der Waals surface area contributed by atoms with Crippen LogP contribution in [0.15, 0.2) is 39.2 Å². The summed E-state index contributed by atoms with van der Waals surface area (Å²) in [6.45, 7) is 2.14. The highest BCUT2D eigenvalue weighted by Gasteiger charge is 2.09. The lowest BCUT2D eigenvalue weighted by Gasteiger charge is -2.22. The first kappa shape index (κ1) is 23.0. The molecule has 0 aliphatic rings. The van der Waals surface area contributed by atoms with Crippen LogP contribution >= 0.6 is 51.2 Å². The van der Waals surface area contributed by atoms with E-state index in [4.69, 9.17) is 0 Å². The molecule has 0 unspecified atom stereocenters. The van der Waals surface area contributed by atoms with Crippen molar-refractivity contribution in [3.63, 3.8) is 0 Å². The molecule has 26 heavy (non-hydrogen) atoms. The number of guanidine groups is 1. The van der Waals surface area contributed by atoms with Crippen molar-refractivity contribution in [1.29, 1.82) is 0 Å². The fourth-order valence-corrected chi connectivity index (χ4v) is 3.62. The molecule has 0 saturated heterocycles. The maximum absolute atomic E-state index is 11.8. The molecule has 0 fully saturated rings. The van der Waals surface area contributed by atoms with Crippen molar-refractivity contribution in [2.24, 2.45) is 12.0 Å². The fraction of sp³-hybridized carbons (Fsp3) is 0.412. The molecule has 2 aromatic heterocycles. The van der Waals surface area contributed by atoms with Crippen LogP contribution in [0.3, 0.4) is 0 Å². The smallest absolute Gasteiger partial charge is 0.261 e. The third kappa shape index (κ3) is 6.92. The lowest BCUT2D eigenvalue weighted by molar-refractivity contribution is 0.0957. The number of carbonyl (C=O) groups is 1. The van der Waals surface area contributed by atoms with Gasteiger partial charge in [0, 0.05) is 50.6 Å². The summed E-state index contributed by atoms with van der Waals surface area (Å²) in [5.41, 5.74) is 1.19. The van der Waals surface area contributed by atoms with Crippen LogP contribution in [0.4, 0.5) is 0 Å². The molecule has 0 aromatic carbocycles. The molecule has 0 aliphatic carbocycles. The molecule has 2 aromatic rings. The van der Waals surface area contributed by atoms with Gasteiger partial charge in [0.2, 0.25) is 0 Å². The molecule has 2 heterocycles. The zero-order chi connectivity index (χ0) is 18.2. The van der Waals surface area contributed by atoms with Crippen molar-refractivity contribution in [2.75, 3.05) is 27.2 Å². The predicted octanol–water partition coefficient (Wildman–Crippen LogP) is 3.29. The molecule has 0 atom stereocenters. The van der Waals surface area contributed by atoms with E-state index in [2.05, 4.69) is 47.1 Å². The second-order valence-corrected chi connectivity index (χ2v) is 7.54. The van der Waals surface area contributed by atoms with E-state index < -0.39 is 0 Å². The number of aryl methyl sites for hydroxylation is 1. The second kappa shape index (κ2) is 11.6. The van der Waals surface area contributed by atoms with Gasteiger partial charge in [-0.1, -0.05) is 6.07 Å².